The quantitative estimate of drug-likeness (QED) is 0.546. The molecule has 1 aliphatic rings. The normalized spacial score (nSPS) is 17.4. The predicted octanol–water partition coefficient (Wildman–Crippen LogP) is 2.06. The molecule has 156 valence electrons. The van der Waals surface area contributed by atoms with Crippen LogP contribution in [0.3, 0.4) is 0 Å². The first-order valence-electron chi connectivity index (χ1n) is 9.94. The number of rotatable bonds is 9. The molecule has 1 aromatic heterocycles. The molecule has 0 spiro atoms. The minimum atomic E-state index is -0.883. The van der Waals surface area contributed by atoms with Crippen LogP contribution < -0.4 is 10.6 Å². The second-order valence-electron chi connectivity index (χ2n) is 7.59. The maximum atomic E-state index is 12.0. The van der Waals surface area contributed by atoms with Gasteiger partial charge in [-0.15, -0.1) is 0 Å². The lowest BCUT2D eigenvalue weighted by atomic mass is 9.89. The maximum Gasteiger partial charge on any atom is 0.303 e. The van der Waals surface area contributed by atoms with E-state index in [2.05, 4.69) is 20.8 Å². The molecule has 2 amide bonds. The van der Waals surface area contributed by atoms with E-state index < -0.39 is 11.5 Å². The summed E-state index contributed by atoms with van der Waals surface area (Å²) in [5.41, 5.74) is -0.600. The number of nitrogens with one attached hydrogen (secondary N) is 2. The van der Waals surface area contributed by atoms with Crippen LogP contribution in [0.25, 0.3) is 0 Å². The number of aromatic nitrogens is 2. The van der Waals surface area contributed by atoms with Gasteiger partial charge in [0.1, 0.15) is 5.54 Å². The number of carboxylic acid groups (broad SMARTS) is 1. The largest absolute Gasteiger partial charge is 0.481 e. The molecule has 1 saturated carbocycles. The van der Waals surface area contributed by atoms with E-state index >= 15 is 0 Å². The Bertz CT molecular complexity index is 680. The van der Waals surface area contributed by atoms with Gasteiger partial charge < -0.3 is 20.3 Å². The second-order valence-corrected chi connectivity index (χ2v) is 7.59. The number of carboxylic acids is 1. The summed E-state index contributed by atoms with van der Waals surface area (Å²) in [6, 6.07) is -0.212. The van der Waals surface area contributed by atoms with Crippen LogP contribution in [0, 0.1) is 0 Å². The molecular weight excluding hydrogens is 364 g/mol. The molecule has 28 heavy (non-hydrogen) atoms. The number of carbonyl (C=O) groups is 3. The van der Waals surface area contributed by atoms with Gasteiger partial charge in [0.15, 0.2) is 5.82 Å². The molecule has 0 aliphatic heterocycles. The number of aliphatic carboxylic acids is 1. The third-order valence-corrected chi connectivity index (χ3v) is 5.03. The lowest BCUT2D eigenvalue weighted by Gasteiger charge is -2.30. The van der Waals surface area contributed by atoms with Crippen molar-refractivity contribution < 1.29 is 24.0 Å². The number of aryl methyl sites for hydroxylation is 1. The van der Waals surface area contributed by atoms with Crippen molar-refractivity contribution in [3.05, 3.63) is 11.7 Å². The molecule has 0 radical (unpaired) electrons. The summed E-state index contributed by atoms with van der Waals surface area (Å²) in [5.74, 6) is -0.357. The number of carbonyl (C=O) groups excluding carboxylic acids is 2. The Hall–Kier alpha value is -2.45. The van der Waals surface area contributed by atoms with Gasteiger partial charge in [-0.3, -0.25) is 14.4 Å². The Morgan fingerprint density at radius 3 is 2.46 bits per heavy atom. The molecule has 1 atom stereocenters. The van der Waals surface area contributed by atoms with Gasteiger partial charge in [-0.25, -0.2) is 0 Å². The molecule has 0 bridgehead atoms. The van der Waals surface area contributed by atoms with Crippen LogP contribution in [-0.2, 0) is 26.3 Å². The lowest BCUT2D eigenvalue weighted by Crippen LogP contribution is -2.45. The van der Waals surface area contributed by atoms with Crippen molar-refractivity contribution in [1.82, 2.24) is 20.8 Å². The first kappa shape index (κ1) is 21.8. The average molecular weight is 394 g/mol. The average Bonchev–Trinajstić information content (AvgIpc) is 2.98. The van der Waals surface area contributed by atoms with Gasteiger partial charge in [-0.05, 0) is 26.2 Å². The van der Waals surface area contributed by atoms with Gasteiger partial charge in [-0.1, -0.05) is 30.8 Å². The summed E-state index contributed by atoms with van der Waals surface area (Å²) in [5, 5.41) is 18.6. The van der Waals surface area contributed by atoms with E-state index in [4.69, 9.17) is 9.63 Å². The van der Waals surface area contributed by atoms with Crippen molar-refractivity contribution >= 4 is 17.8 Å². The summed E-state index contributed by atoms with van der Waals surface area (Å²) in [6.45, 7) is 3.26. The van der Waals surface area contributed by atoms with E-state index in [1.807, 2.05) is 0 Å². The number of hydrogen-bond donors (Lipinski definition) is 3. The molecule has 9 heteroatoms. The number of amides is 2. The van der Waals surface area contributed by atoms with Crippen molar-refractivity contribution in [3.8, 4) is 0 Å². The zero-order valence-corrected chi connectivity index (χ0v) is 16.6. The molecule has 1 unspecified atom stereocenters. The molecule has 1 aliphatic carbocycles. The Balaban J connectivity index is 1.93. The molecule has 0 saturated heterocycles. The second kappa shape index (κ2) is 10.2. The van der Waals surface area contributed by atoms with E-state index in [-0.39, 0.29) is 30.7 Å². The first-order chi connectivity index (χ1) is 13.3. The number of nitrogens with zero attached hydrogens (tertiary/aromatic N) is 2. The summed E-state index contributed by atoms with van der Waals surface area (Å²) in [7, 11) is 0. The van der Waals surface area contributed by atoms with E-state index in [9.17, 15) is 14.4 Å². The molecule has 3 N–H and O–H groups in total. The Morgan fingerprint density at radius 1 is 1.18 bits per heavy atom. The molecule has 1 aromatic rings. The van der Waals surface area contributed by atoms with Gasteiger partial charge >= 0.3 is 5.97 Å². The van der Waals surface area contributed by atoms with Crippen LogP contribution in [0.4, 0.5) is 0 Å². The van der Waals surface area contributed by atoms with Crippen molar-refractivity contribution in [2.45, 2.75) is 89.6 Å². The zero-order valence-electron chi connectivity index (χ0n) is 16.6. The summed E-state index contributed by atoms with van der Waals surface area (Å²) in [6.07, 6.45) is 6.61. The fourth-order valence-electron chi connectivity index (χ4n) is 3.60. The van der Waals surface area contributed by atoms with Crippen LogP contribution >= 0.6 is 0 Å². The van der Waals surface area contributed by atoms with Crippen LogP contribution in [0.15, 0.2) is 4.52 Å². The van der Waals surface area contributed by atoms with Gasteiger partial charge in [0.25, 0.3) is 0 Å². The highest BCUT2D eigenvalue weighted by Gasteiger charge is 2.38. The highest BCUT2D eigenvalue weighted by Crippen LogP contribution is 2.34. The topological polar surface area (TPSA) is 134 Å². The van der Waals surface area contributed by atoms with Crippen molar-refractivity contribution in [2.75, 3.05) is 0 Å². The van der Waals surface area contributed by atoms with E-state index in [0.717, 1.165) is 38.5 Å². The maximum absolute atomic E-state index is 12.0. The third-order valence-electron chi connectivity index (χ3n) is 5.03. The smallest absolute Gasteiger partial charge is 0.303 e. The van der Waals surface area contributed by atoms with Crippen LogP contribution in [0.2, 0.25) is 0 Å². The van der Waals surface area contributed by atoms with Crippen LogP contribution in [-0.4, -0.2) is 39.1 Å². The van der Waals surface area contributed by atoms with Gasteiger partial charge in [0.2, 0.25) is 17.7 Å². The molecule has 0 aromatic carbocycles. The standard InChI is InChI=1S/C19H30N4O5/c1-13(7-10-17(26)27)20-15(25)8-9-16-21-18(23-28-16)19(22-14(2)24)11-5-3-4-6-12-19/h13H,3-12H2,1-2H3,(H,20,25)(H,22,24)(H,26,27). The van der Waals surface area contributed by atoms with Crippen molar-refractivity contribution in [2.24, 2.45) is 0 Å². The fraction of sp³-hybridized carbons (Fsp3) is 0.737. The Morgan fingerprint density at radius 2 is 1.86 bits per heavy atom. The van der Waals surface area contributed by atoms with Gasteiger partial charge in [-0.2, -0.15) is 4.98 Å². The predicted molar refractivity (Wildman–Crippen MR) is 100 cm³/mol. The minimum absolute atomic E-state index is 0.0136. The Kier molecular flexibility index (Phi) is 7.95. The van der Waals surface area contributed by atoms with E-state index in [1.54, 1.807) is 6.92 Å². The monoisotopic (exact) mass is 394 g/mol. The van der Waals surface area contributed by atoms with E-state index in [0.29, 0.717) is 24.6 Å². The lowest BCUT2D eigenvalue weighted by molar-refractivity contribution is -0.137. The molecular formula is C19H30N4O5. The zero-order chi connectivity index (χ0) is 20.6. The van der Waals surface area contributed by atoms with Crippen LogP contribution in [0.5, 0.6) is 0 Å². The van der Waals surface area contributed by atoms with Gasteiger partial charge in [0.05, 0.1) is 0 Å². The number of hydrogen-bond acceptors (Lipinski definition) is 6. The first-order valence-corrected chi connectivity index (χ1v) is 9.94. The summed E-state index contributed by atoms with van der Waals surface area (Å²) < 4.78 is 5.33. The minimum Gasteiger partial charge on any atom is -0.481 e. The highest BCUT2D eigenvalue weighted by molar-refractivity contribution is 5.76. The van der Waals surface area contributed by atoms with Gasteiger partial charge in [0, 0.05) is 32.2 Å². The third kappa shape index (κ3) is 6.61. The summed E-state index contributed by atoms with van der Waals surface area (Å²) >= 11 is 0. The van der Waals surface area contributed by atoms with E-state index in [1.165, 1.54) is 6.92 Å². The van der Waals surface area contributed by atoms with Crippen LogP contribution in [0.1, 0.15) is 83.3 Å². The molecule has 2 rings (SSSR count). The van der Waals surface area contributed by atoms with Crippen molar-refractivity contribution in [3.63, 3.8) is 0 Å². The SMILES string of the molecule is CC(=O)NC1(c2noc(CCC(=O)NC(C)CCC(=O)O)n2)CCCCCC1. The fourth-order valence-corrected chi connectivity index (χ4v) is 3.60. The molecule has 1 fully saturated rings. The molecule has 9 nitrogen and oxygen atoms in total. The highest BCUT2D eigenvalue weighted by atomic mass is 16.5. The van der Waals surface area contributed by atoms with Crippen molar-refractivity contribution in [1.29, 1.82) is 0 Å². The summed E-state index contributed by atoms with van der Waals surface area (Å²) in [4.78, 5) is 38.8. The molecule has 1 heterocycles. The Labute approximate surface area is 164 Å².